The third-order valence-electron chi connectivity index (χ3n) is 4.82. The summed E-state index contributed by atoms with van der Waals surface area (Å²) in [7, 11) is 0. The molecule has 1 aromatic heterocycles. The molecular weight excluding hydrogens is 324 g/mol. The lowest BCUT2D eigenvalue weighted by Gasteiger charge is -2.34. The van der Waals surface area contributed by atoms with Crippen molar-refractivity contribution in [3.05, 3.63) is 48.3 Å². The number of rotatable bonds is 6. The first-order valence-corrected chi connectivity index (χ1v) is 9.50. The summed E-state index contributed by atoms with van der Waals surface area (Å²) >= 11 is 0. The second-order valence-corrected chi connectivity index (χ2v) is 7.85. The molecule has 1 aromatic carbocycles. The van der Waals surface area contributed by atoms with Crippen molar-refractivity contribution >= 4 is 5.95 Å². The molecule has 2 aromatic rings. The van der Waals surface area contributed by atoms with E-state index in [1.54, 1.807) is 12.4 Å². The molecule has 5 heteroatoms. The van der Waals surface area contributed by atoms with E-state index in [0.717, 1.165) is 57.4 Å². The molecule has 0 spiro atoms. The minimum absolute atomic E-state index is 0.186. The van der Waals surface area contributed by atoms with Gasteiger partial charge in [0, 0.05) is 45.1 Å². The molecule has 0 N–H and O–H groups in total. The number of benzene rings is 1. The molecule has 0 saturated carbocycles. The fraction of sp³-hybridized carbons (Fsp3) is 0.524. The topological polar surface area (TPSA) is 41.5 Å². The Labute approximate surface area is 157 Å². The van der Waals surface area contributed by atoms with Crippen molar-refractivity contribution in [2.24, 2.45) is 0 Å². The largest absolute Gasteiger partial charge is 0.494 e. The van der Waals surface area contributed by atoms with E-state index in [0.29, 0.717) is 0 Å². The van der Waals surface area contributed by atoms with Crippen LogP contribution in [0.1, 0.15) is 32.8 Å². The molecule has 1 aliphatic heterocycles. The normalized spacial score (nSPS) is 15.9. The molecule has 0 atom stereocenters. The van der Waals surface area contributed by atoms with Gasteiger partial charge in [0.1, 0.15) is 5.75 Å². The molecule has 0 amide bonds. The number of anilines is 1. The lowest BCUT2D eigenvalue weighted by atomic mass is 9.87. The van der Waals surface area contributed by atoms with Crippen molar-refractivity contribution in [1.82, 2.24) is 14.9 Å². The molecule has 26 heavy (non-hydrogen) atoms. The van der Waals surface area contributed by atoms with Crippen LogP contribution in [0, 0.1) is 0 Å². The molecule has 2 heterocycles. The van der Waals surface area contributed by atoms with Gasteiger partial charge in [-0.2, -0.15) is 0 Å². The Morgan fingerprint density at radius 2 is 1.62 bits per heavy atom. The Morgan fingerprint density at radius 3 is 2.23 bits per heavy atom. The highest BCUT2D eigenvalue weighted by Gasteiger charge is 2.18. The zero-order valence-corrected chi connectivity index (χ0v) is 16.2. The van der Waals surface area contributed by atoms with Crippen molar-refractivity contribution in [3.63, 3.8) is 0 Å². The maximum absolute atomic E-state index is 5.90. The molecule has 1 aliphatic rings. The lowest BCUT2D eigenvalue weighted by Crippen LogP contribution is -2.47. The van der Waals surface area contributed by atoms with Crippen LogP contribution in [0.15, 0.2) is 42.7 Å². The third kappa shape index (κ3) is 5.18. The quantitative estimate of drug-likeness (QED) is 0.744. The monoisotopic (exact) mass is 354 g/mol. The summed E-state index contributed by atoms with van der Waals surface area (Å²) in [5.41, 5.74) is 1.52. The summed E-state index contributed by atoms with van der Waals surface area (Å²) < 4.78 is 5.90. The van der Waals surface area contributed by atoms with Gasteiger partial charge in [-0.3, -0.25) is 4.90 Å². The van der Waals surface area contributed by atoms with E-state index in [2.05, 4.69) is 64.8 Å². The number of hydrogen-bond acceptors (Lipinski definition) is 5. The van der Waals surface area contributed by atoms with E-state index in [4.69, 9.17) is 4.74 Å². The fourth-order valence-electron chi connectivity index (χ4n) is 3.16. The zero-order valence-electron chi connectivity index (χ0n) is 16.2. The Kier molecular flexibility index (Phi) is 6.09. The van der Waals surface area contributed by atoms with Gasteiger partial charge in [-0.25, -0.2) is 9.97 Å². The molecule has 1 saturated heterocycles. The van der Waals surface area contributed by atoms with E-state index in [9.17, 15) is 0 Å². The third-order valence-corrected chi connectivity index (χ3v) is 4.82. The van der Waals surface area contributed by atoms with Crippen molar-refractivity contribution in [2.45, 2.75) is 32.6 Å². The van der Waals surface area contributed by atoms with Crippen LogP contribution in [0.25, 0.3) is 0 Å². The molecule has 3 rings (SSSR count). The highest BCUT2D eigenvalue weighted by molar-refractivity contribution is 5.31. The highest BCUT2D eigenvalue weighted by atomic mass is 16.5. The first-order valence-electron chi connectivity index (χ1n) is 9.50. The van der Waals surface area contributed by atoms with Gasteiger partial charge in [0.25, 0.3) is 0 Å². The van der Waals surface area contributed by atoms with Crippen molar-refractivity contribution < 1.29 is 4.74 Å². The minimum Gasteiger partial charge on any atom is -0.494 e. The number of aromatic nitrogens is 2. The van der Waals surface area contributed by atoms with Crippen LogP contribution >= 0.6 is 0 Å². The van der Waals surface area contributed by atoms with E-state index in [1.807, 2.05) is 6.07 Å². The van der Waals surface area contributed by atoms with Crippen LogP contribution in [0.5, 0.6) is 5.75 Å². The van der Waals surface area contributed by atoms with E-state index in [1.165, 1.54) is 5.56 Å². The average molecular weight is 354 g/mol. The molecular formula is C21H30N4O. The summed E-state index contributed by atoms with van der Waals surface area (Å²) in [5.74, 6) is 1.80. The van der Waals surface area contributed by atoms with E-state index in [-0.39, 0.29) is 5.41 Å². The van der Waals surface area contributed by atoms with Crippen LogP contribution in [-0.2, 0) is 5.41 Å². The first kappa shape index (κ1) is 18.6. The number of hydrogen-bond donors (Lipinski definition) is 0. The summed E-state index contributed by atoms with van der Waals surface area (Å²) in [6.45, 7) is 12.6. The second-order valence-electron chi connectivity index (χ2n) is 7.85. The van der Waals surface area contributed by atoms with Crippen molar-refractivity contribution in [2.75, 3.05) is 44.2 Å². The molecule has 140 valence electrons. The van der Waals surface area contributed by atoms with Crippen molar-refractivity contribution in [3.8, 4) is 5.75 Å². The predicted molar refractivity (Wildman–Crippen MR) is 106 cm³/mol. The predicted octanol–water partition coefficient (Wildman–Crippen LogP) is 3.37. The van der Waals surface area contributed by atoms with Crippen LogP contribution in [0.3, 0.4) is 0 Å². The van der Waals surface area contributed by atoms with Gasteiger partial charge in [-0.05, 0) is 35.6 Å². The van der Waals surface area contributed by atoms with Gasteiger partial charge >= 0.3 is 0 Å². The van der Waals surface area contributed by atoms with Gasteiger partial charge < -0.3 is 9.64 Å². The van der Waals surface area contributed by atoms with Crippen LogP contribution in [0.2, 0.25) is 0 Å². The summed E-state index contributed by atoms with van der Waals surface area (Å²) in [6, 6.07) is 10.4. The summed E-state index contributed by atoms with van der Waals surface area (Å²) in [6.07, 6.45) is 4.66. The molecule has 1 fully saturated rings. The standard InChI is InChI=1S/C21H30N4O/c1-21(2,3)18-6-8-19(9-7-18)26-17-5-12-24-13-15-25(16-14-24)20-22-10-4-11-23-20/h4,6-11H,5,12-17H2,1-3H3. The minimum atomic E-state index is 0.186. The van der Waals surface area contributed by atoms with Gasteiger partial charge in [-0.1, -0.05) is 32.9 Å². The molecule has 0 unspecified atom stereocenters. The van der Waals surface area contributed by atoms with Crippen LogP contribution < -0.4 is 9.64 Å². The zero-order chi connectivity index (χ0) is 18.4. The summed E-state index contributed by atoms with van der Waals surface area (Å²) in [5, 5.41) is 0. The summed E-state index contributed by atoms with van der Waals surface area (Å²) in [4.78, 5) is 13.4. The van der Waals surface area contributed by atoms with Crippen LogP contribution in [0.4, 0.5) is 5.95 Å². The van der Waals surface area contributed by atoms with Gasteiger partial charge in [-0.15, -0.1) is 0 Å². The molecule has 0 aliphatic carbocycles. The van der Waals surface area contributed by atoms with Crippen LogP contribution in [-0.4, -0.2) is 54.2 Å². The maximum Gasteiger partial charge on any atom is 0.225 e. The molecule has 0 radical (unpaired) electrons. The maximum atomic E-state index is 5.90. The molecule has 0 bridgehead atoms. The van der Waals surface area contributed by atoms with Crippen molar-refractivity contribution in [1.29, 1.82) is 0 Å². The Balaban J connectivity index is 1.35. The molecule has 5 nitrogen and oxygen atoms in total. The fourth-order valence-corrected chi connectivity index (χ4v) is 3.16. The SMILES string of the molecule is CC(C)(C)c1ccc(OCCCN2CCN(c3ncccn3)CC2)cc1. The Hall–Kier alpha value is -2.14. The number of ether oxygens (including phenoxy) is 1. The Bertz CT molecular complexity index is 659. The lowest BCUT2D eigenvalue weighted by molar-refractivity contribution is 0.224. The van der Waals surface area contributed by atoms with Gasteiger partial charge in [0.2, 0.25) is 5.95 Å². The van der Waals surface area contributed by atoms with E-state index >= 15 is 0 Å². The smallest absolute Gasteiger partial charge is 0.225 e. The average Bonchev–Trinajstić information content (AvgIpc) is 2.66. The first-order chi connectivity index (χ1) is 12.5. The van der Waals surface area contributed by atoms with E-state index < -0.39 is 0 Å². The van der Waals surface area contributed by atoms with Gasteiger partial charge in [0.15, 0.2) is 0 Å². The Morgan fingerprint density at radius 1 is 0.962 bits per heavy atom. The number of piperazine rings is 1. The number of nitrogens with zero attached hydrogens (tertiary/aromatic N) is 4. The van der Waals surface area contributed by atoms with Gasteiger partial charge in [0.05, 0.1) is 6.61 Å². The highest BCUT2D eigenvalue weighted by Crippen LogP contribution is 2.24. The second kappa shape index (κ2) is 8.49.